The van der Waals surface area contributed by atoms with Crippen molar-refractivity contribution >= 4 is 27.5 Å². The molecule has 1 aliphatic rings. The number of fused-ring (bicyclic) bond motifs is 1. The summed E-state index contributed by atoms with van der Waals surface area (Å²) in [4.78, 5) is 25.2. The molecular weight excluding hydrogens is 330 g/mol. The van der Waals surface area contributed by atoms with Crippen molar-refractivity contribution in [1.29, 1.82) is 0 Å². The van der Waals surface area contributed by atoms with Crippen LogP contribution in [0.15, 0.2) is 35.7 Å². The molecule has 0 aromatic heterocycles. The second-order valence-electron chi connectivity index (χ2n) is 5.62. The van der Waals surface area contributed by atoms with E-state index in [4.69, 9.17) is 0 Å². The third-order valence-electron chi connectivity index (χ3n) is 3.85. The van der Waals surface area contributed by atoms with Crippen LogP contribution in [0.2, 0.25) is 0 Å². The normalized spacial score (nSPS) is 13.7. The van der Waals surface area contributed by atoms with Crippen LogP contribution in [0.3, 0.4) is 0 Å². The van der Waals surface area contributed by atoms with Gasteiger partial charge in [-0.1, -0.05) is 6.58 Å². The Hall–Kier alpha value is -2.19. The Balaban J connectivity index is 2.11. The summed E-state index contributed by atoms with van der Waals surface area (Å²) in [5.74, 6) is -0.426. The topological polar surface area (TPSA) is 86.8 Å². The Morgan fingerprint density at radius 3 is 2.71 bits per heavy atom. The van der Waals surface area contributed by atoms with Gasteiger partial charge >= 0.3 is 0 Å². The SMILES string of the molecule is C=CC(=O)NCCC(=O)N1CCc2cc(S(=O)(=O)N(C)C)ccc21. The van der Waals surface area contributed by atoms with E-state index in [-0.39, 0.29) is 29.7 Å². The molecule has 0 aliphatic carbocycles. The number of carbonyl (C=O) groups is 2. The quantitative estimate of drug-likeness (QED) is 0.757. The molecule has 2 amide bonds. The average molecular weight is 351 g/mol. The minimum atomic E-state index is -3.49. The van der Waals surface area contributed by atoms with Crippen molar-refractivity contribution in [2.45, 2.75) is 17.7 Å². The lowest BCUT2D eigenvalue weighted by molar-refractivity contribution is -0.119. The van der Waals surface area contributed by atoms with E-state index in [1.54, 1.807) is 17.0 Å². The smallest absolute Gasteiger partial charge is 0.243 e. The number of rotatable bonds is 6. The van der Waals surface area contributed by atoms with Gasteiger partial charge in [0.1, 0.15) is 0 Å². The highest BCUT2D eigenvalue weighted by Gasteiger charge is 2.27. The van der Waals surface area contributed by atoms with Crippen molar-refractivity contribution in [3.8, 4) is 0 Å². The van der Waals surface area contributed by atoms with Gasteiger partial charge in [0.2, 0.25) is 21.8 Å². The van der Waals surface area contributed by atoms with E-state index < -0.39 is 10.0 Å². The first kappa shape index (κ1) is 18.2. The molecule has 1 N–H and O–H groups in total. The van der Waals surface area contributed by atoms with Crippen LogP contribution in [0.4, 0.5) is 5.69 Å². The fraction of sp³-hybridized carbons (Fsp3) is 0.375. The molecule has 0 fully saturated rings. The molecule has 0 saturated carbocycles. The van der Waals surface area contributed by atoms with Crippen LogP contribution in [0.25, 0.3) is 0 Å². The summed E-state index contributed by atoms with van der Waals surface area (Å²) in [5.41, 5.74) is 1.56. The summed E-state index contributed by atoms with van der Waals surface area (Å²) in [6.45, 7) is 4.09. The zero-order valence-electron chi connectivity index (χ0n) is 13.8. The van der Waals surface area contributed by atoms with Gasteiger partial charge in [-0.2, -0.15) is 0 Å². The predicted octanol–water partition coefficient (Wildman–Crippen LogP) is 0.518. The predicted molar refractivity (Wildman–Crippen MR) is 91.2 cm³/mol. The molecule has 0 atom stereocenters. The summed E-state index contributed by atoms with van der Waals surface area (Å²) < 4.78 is 25.5. The molecule has 0 bridgehead atoms. The molecule has 0 saturated heterocycles. The van der Waals surface area contributed by atoms with Crippen LogP contribution >= 0.6 is 0 Å². The number of benzene rings is 1. The second kappa shape index (κ2) is 7.14. The van der Waals surface area contributed by atoms with E-state index in [1.807, 2.05) is 0 Å². The van der Waals surface area contributed by atoms with Crippen LogP contribution in [-0.2, 0) is 26.0 Å². The van der Waals surface area contributed by atoms with E-state index in [2.05, 4.69) is 11.9 Å². The first-order chi connectivity index (χ1) is 11.3. The van der Waals surface area contributed by atoms with Crippen LogP contribution in [0.5, 0.6) is 0 Å². The number of hydrogen-bond acceptors (Lipinski definition) is 4. The number of anilines is 1. The zero-order valence-corrected chi connectivity index (χ0v) is 14.6. The van der Waals surface area contributed by atoms with Gasteiger partial charge in [0.25, 0.3) is 0 Å². The van der Waals surface area contributed by atoms with Crippen LogP contribution in [0, 0.1) is 0 Å². The molecule has 1 aromatic carbocycles. The maximum Gasteiger partial charge on any atom is 0.243 e. The van der Waals surface area contributed by atoms with Crippen molar-refractivity contribution in [2.24, 2.45) is 0 Å². The Bertz CT molecular complexity index is 772. The highest BCUT2D eigenvalue weighted by molar-refractivity contribution is 7.89. The number of nitrogens with zero attached hydrogens (tertiary/aromatic N) is 2. The van der Waals surface area contributed by atoms with Crippen molar-refractivity contribution in [2.75, 3.05) is 32.1 Å². The lowest BCUT2D eigenvalue weighted by atomic mass is 10.2. The highest BCUT2D eigenvalue weighted by Crippen LogP contribution is 2.31. The molecule has 0 spiro atoms. The Morgan fingerprint density at radius 2 is 2.08 bits per heavy atom. The Kier molecular flexibility index (Phi) is 5.40. The fourth-order valence-electron chi connectivity index (χ4n) is 2.51. The lowest BCUT2D eigenvalue weighted by Gasteiger charge is -2.18. The average Bonchev–Trinajstić information content (AvgIpc) is 2.97. The van der Waals surface area contributed by atoms with Gasteiger partial charge in [-0.3, -0.25) is 9.59 Å². The molecule has 8 heteroatoms. The van der Waals surface area contributed by atoms with Gasteiger partial charge in [-0.05, 0) is 36.3 Å². The van der Waals surface area contributed by atoms with Crippen molar-refractivity contribution in [3.63, 3.8) is 0 Å². The number of amides is 2. The van der Waals surface area contributed by atoms with Crippen molar-refractivity contribution in [3.05, 3.63) is 36.4 Å². The molecule has 1 heterocycles. The molecule has 0 unspecified atom stereocenters. The van der Waals surface area contributed by atoms with E-state index in [0.717, 1.165) is 21.6 Å². The summed E-state index contributed by atoms with van der Waals surface area (Å²) >= 11 is 0. The maximum absolute atomic E-state index is 12.3. The third kappa shape index (κ3) is 3.65. The summed E-state index contributed by atoms with van der Waals surface area (Å²) in [6, 6.07) is 4.80. The molecule has 1 aromatic rings. The summed E-state index contributed by atoms with van der Waals surface area (Å²) in [5, 5.41) is 2.56. The molecule has 2 rings (SSSR count). The van der Waals surface area contributed by atoms with E-state index in [9.17, 15) is 18.0 Å². The first-order valence-electron chi connectivity index (χ1n) is 7.53. The van der Waals surface area contributed by atoms with Crippen molar-refractivity contribution < 1.29 is 18.0 Å². The molecule has 0 radical (unpaired) electrons. The van der Waals surface area contributed by atoms with Crippen LogP contribution < -0.4 is 10.2 Å². The van der Waals surface area contributed by atoms with Crippen molar-refractivity contribution in [1.82, 2.24) is 9.62 Å². The number of carbonyl (C=O) groups excluding carboxylic acids is 2. The number of nitrogens with one attached hydrogen (secondary N) is 1. The number of hydrogen-bond donors (Lipinski definition) is 1. The Labute approximate surface area is 142 Å². The standard InChI is InChI=1S/C16H21N3O4S/c1-4-15(20)17-9-7-16(21)19-10-8-12-11-13(5-6-14(12)19)24(22,23)18(2)3/h4-6,11H,1,7-10H2,2-3H3,(H,17,20). The zero-order chi connectivity index (χ0) is 17.9. The lowest BCUT2D eigenvalue weighted by Crippen LogP contribution is -2.33. The van der Waals surface area contributed by atoms with Gasteiger partial charge < -0.3 is 10.2 Å². The van der Waals surface area contributed by atoms with Crippen LogP contribution in [-0.4, -0.2) is 51.7 Å². The minimum Gasteiger partial charge on any atom is -0.352 e. The molecular formula is C16H21N3O4S. The second-order valence-corrected chi connectivity index (χ2v) is 7.77. The van der Waals surface area contributed by atoms with E-state index in [1.165, 1.54) is 20.2 Å². The van der Waals surface area contributed by atoms with Gasteiger partial charge in [0, 0.05) is 39.3 Å². The Morgan fingerprint density at radius 1 is 1.38 bits per heavy atom. The van der Waals surface area contributed by atoms with Gasteiger partial charge in [0.05, 0.1) is 4.90 Å². The van der Waals surface area contributed by atoms with Gasteiger partial charge in [-0.15, -0.1) is 0 Å². The largest absolute Gasteiger partial charge is 0.352 e. The summed E-state index contributed by atoms with van der Waals surface area (Å²) in [6.07, 6.45) is 1.94. The molecule has 130 valence electrons. The summed E-state index contributed by atoms with van der Waals surface area (Å²) in [7, 11) is -0.526. The molecule has 24 heavy (non-hydrogen) atoms. The monoisotopic (exact) mass is 351 g/mol. The first-order valence-corrected chi connectivity index (χ1v) is 8.97. The third-order valence-corrected chi connectivity index (χ3v) is 5.66. The van der Waals surface area contributed by atoms with Crippen LogP contribution in [0.1, 0.15) is 12.0 Å². The molecule has 7 nitrogen and oxygen atoms in total. The maximum atomic E-state index is 12.3. The van der Waals surface area contributed by atoms with E-state index >= 15 is 0 Å². The number of sulfonamides is 1. The van der Waals surface area contributed by atoms with E-state index in [0.29, 0.717) is 13.0 Å². The minimum absolute atomic E-state index is 0.110. The highest BCUT2D eigenvalue weighted by atomic mass is 32.2. The van der Waals surface area contributed by atoms with Gasteiger partial charge in [0.15, 0.2) is 0 Å². The van der Waals surface area contributed by atoms with Gasteiger partial charge in [-0.25, -0.2) is 12.7 Å². The molecule has 1 aliphatic heterocycles. The fourth-order valence-corrected chi connectivity index (χ4v) is 3.46.